The van der Waals surface area contributed by atoms with Crippen molar-refractivity contribution in [3.8, 4) is 5.75 Å². The predicted octanol–water partition coefficient (Wildman–Crippen LogP) is 3.42. The van der Waals surface area contributed by atoms with Crippen molar-refractivity contribution in [1.82, 2.24) is 10.6 Å². The van der Waals surface area contributed by atoms with E-state index in [1.165, 1.54) is 0 Å². The Labute approximate surface area is 175 Å². The highest BCUT2D eigenvalue weighted by Crippen LogP contribution is 2.31. The van der Waals surface area contributed by atoms with Crippen molar-refractivity contribution in [2.45, 2.75) is 25.2 Å². The van der Waals surface area contributed by atoms with Crippen LogP contribution in [0.4, 0.5) is 14.5 Å². The van der Waals surface area contributed by atoms with Crippen molar-refractivity contribution in [2.75, 3.05) is 38.7 Å². The minimum absolute atomic E-state index is 0.0943. The van der Waals surface area contributed by atoms with Crippen molar-refractivity contribution < 1.29 is 18.3 Å². The maximum Gasteiger partial charge on any atom is 0.387 e. The van der Waals surface area contributed by atoms with Crippen molar-refractivity contribution in [3.05, 3.63) is 60.2 Å². The fourth-order valence-corrected chi connectivity index (χ4v) is 3.59. The molecule has 6 nitrogen and oxygen atoms in total. The molecule has 8 heteroatoms. The van der Waals surface area contributed by atoms with Gasteiger partial charge in [-0.1, -0.05) is 42.5 Å². The van der Waals surface area contributed by atoms with Crippen LogP contribution in [-0.4, -0.2) is 52.4 Å². The molecule has 1 heterocycles. The molecule has 0 spiro atoms. The average molecular weight is 418 g/mol. The van der Waals surface area contributed by atoms with Crippen LogP contribution in [0.3, 0.4) is 0 Å². The zero-order chi connectivity index (χ0) is 21.3. The summed E-state index contributed by atoms with van der Waals surface area (Å²) in [6.07, 6.45) is 0.763. The number of ether oxygens (including phenoxy) is 2. The van der Waals surface area contributed by atoms with Gasteiger partial charge in [-0.3, -0.25) is 4.99 Å². The molecule has 0 radical (unpaired) electrons. The van der Waals surface area contributed by atoms with Crippen LogP contribution >= 0.6 is 0 Å². The molecule has 1 fully saturated rings. The third-order valence-electron chi connectivity index (χ3n) is 5.09. The maximum absolute atomic E-state index is 12.7. The number of alkyl halides is 2. The number of nitrogens with one attached hydrogen (secondary N) is 2. The summed E-state index contributed by atoms with van der Waals surface area (Å²) in [6.45, 7) is -0.870. The standard InChI is InChI=1S/C22H28F2N4O2/c1-25-22(26-14-20(29-2)16-8-4-3-5-9-16)27-17-12-13-28(15-17)18-10-6-7-11-19(18)30-21(23)24/h3-11,17,20-21H,12-15H2,1-2H3,(H2,25,26,27). The van der Waals surface area contributed by atoms with Gasteiger partial charge in [0.25, 0.3) is 0 Å². The molecule has 1 aliphatic heterocycles. The molecule has 2 unspecified atom stereocenters. The average Bonchev–Trinajstić information content (AvgIpc) is 3.22. The first-order valence-corrected chi connectivity index (χ1v) is 9.94. The van der Waals surface area contributed by atoms with E-state index in [1.54, 1.807) is 32.4 Å². The lowest BCUT2D eigenvalue weighted by atomic mass is 10.1. The first-order chi connectivity index (χ1) is 14.6. The normalized spacial score (nSPS) is 17.8. The molecule has 0 aliphatic carbocycles. The van der Waals surface area contributed by atoms with E-state index in [2.05, 4.69) is 20.4 Å². The number of guanidine groups is 1. The van der Waals surface area contributed by atoms with Gasteiger partial charge >= 0.3 is 6.61 Å². The number of rotatable bonds is 8. The molecular weight excluding hydrogens is 390 g/mol. The zero-order valence-corrected chi connectivity index (χ0v) is 17.2. The lowest BCUT2D eigenvalue weighted by molar-refractivity contribution is -0.0495. The second-order valence-corrected chi connectivity index (χ2v) is 7.01. The van der Waals surface area contributed by atoms with Gasteiger partial charge in [0.2, 0.25) is 0 Å². The largest absolute Gasteiger partial charge is 0.433 e. The van der Waals surface area contributed by atoms with Gasteiger partial charge in [-0.2, -0.15) is 8.78 Å². The van der Waals surface area contributed by atoms with Crippen molar-refractivity contribution >= 4 is 11.6 Å². The van der Waals surface area contributed by atoms with Crippen LogP contribution in [0.1, 0.15) is 18.1 Å². The monoisotopic (exact) mass is 418 g/mol. The lowest BCUT2D eigenvalue weighted by Gasteiger charge is -2.23. The van der Waals surface area contributed by atoms with Crippen LogP contribution in [0.5, 0.6) is 5.75 Å². The highest BCUT2D eigenvalue weighted by Gasteiger charge is 2.26. The number of methoxy groups -OCH3 is 1. The van der Waals surface area contributed by atoms with Gasteiger partial charge in [0, 0.05) is 39.8 Å². The number of nitrogens with zero attached hydrogens (tertiary/aromatic N) is 2. The highest BCUT2D eigenvalue weighted by atomic mass is 19.3. The second kappa shape index (κ2) is 10.8. The minimum atomic E-state index is -2.84. The Kier molecular flexibility index (Phi) is 7.84. The van der Waals surface area contributed by atoms with E-state index in [1.807, 2.05) is 41.3 Å². The molecule has 0 bridgehead atoms. The smallest absolute Gasteiger partial charge is 0.387 e. The van der Waals surface area contributed by atoms with E-state index in [0.717, 1.165) is 18.5 Å². The fourth-order valence-electron chi connectivity index (χ4n) is 3.59. The minimum Gasteiger partial charge on any atom is -0.433 e. The summed E-state index contributed by atoms with van der Waals surface area (Å²) in [7, 11) is 3.40. The molecule has 2 aromatic rings. The van der Waals surface area contributed by atoms with Crippen LogP contribution < -0.4 is 20.3 Å². The molecule has 2 N–H and O–H groups in total. The molecule has 162 valence electrons. The first-order valence-electron chi connectivity index (χ1n) is 9.94. The van der Waals surface area contributed by atoms with Gasteiger partial charge in [-0.05, 0) is 24.1 Å². The van der Waals surface area contributed by atoms with E-state index in [4.69, 9.17) is 4.74 Å². The summed E-state index contributed by atoms with van der Waals surface area (Å²) >= 11 is 0. The van der Waals surface area contributed by atoms with Gasteiger partial charge in [0.15, 0.2) is 5.96 Å². The Hall–Kier alpha value is -2.87. The number of benzene rings is 2. The van der Waals surface area contributed by atoms with E-state index < -0.39 is 6.61 Å². The third kappa shape index (κ3) is 5.82. The molecule has 0 amide bonds. The Morgan fingerprint density at radius 3 is 2.60 bits per heavy atom. The predicted molar refractivity (Wildman–Crippen MR) is 114 cm³/mol. The zero-order valence-electron chi connectivity index (χ0n) is 17.2. The molecular formula is C22H28F2N4O2. The third-order valence-corrected chi connectivity index (χ3v) is 5.09. The van der Waals surface area contributed by atoms with Crippen molar-refractivity contribution in [1.29, 1.82) is 0 Å². The number of para-hydroxylation sites is 2. The number of halogens is 2. The summed E-state index contributed by atoms with van der Waals surface area (Å²) in [5, 5.41) is 6.72. The molecule has 0 aromatic heterocycles. The number of hydrogen-bond donors (Lipinski definition) is 2. The van der Waals surface area contributed by atoms with Gasteiger partial charge in [0.05, 0.1) is 11.8 Å². The number of aliphatic imine (C=N–C) groups is 1. The first kappa shape index (κ1) is 21.8. The van der Waals surface area contributed by atoms with E-state index in [-0.39, 0.29) is 17.9 Å². The summed E-state index contributed by atoms with van der Waals surface area (Å²) in [5.41, 5.74) is 1.76. The lowest BCUT2D eigenvalue weighted by Crippen LogP contribution is -2.45. The Balaban J connectivity index is 1.55. The molecule has 3 rings (SSSR count). The van der Waals surface area contributed by atoms with Crippen LogP contribution in [0.25, 0.3) is 0 Å². The van der Waals surface area contributed by atoms with Crippen molar-refractivity contribution in [2.24, 2.45) is 4.99 Å². The topological polar surface area (TPSA) is 58.1 Å². The summed E-state index contributed by atoms with van der Waals surface area (Å²) in [5.74, 6) is 0.874. The van der Waals surface area contributed by atoms with Gasteiger partial charge in [-0.25, -0.2) is 0 Å². The number of anilines is 1. The van der Waals surface area contributed by atoms with Crippen LogP contribution in [0.2, 0.25) is 0 Å². The Morgan fingerprint density at radius 2 is 1.90 bits per heavy atom. The van der Waals surface area contributed by atoms with E-state index in [0.29, 0.717) is 24.7 Å². The highest BCUT2D eigenvalue weighted by molar-refractivity contribution is 5.80. The molecule has 1 aliphatic rings. The second-order valence-electron chi connectivity index (χ2n) is 7.01. The van der Waals surface area contributed by atoms with Crippen molar-refractivity contribution in [3.63, 3.8) is 0 Å². The molecule has 2 atom stereocenters. The fraction of sp³-hybridized carbons (Fsp3) is 0.409. The summed E-state index contributed by atoms with van der Waals surface area (Å²) in [4.78, 5) is 6.35. The molecule has 30 heavy (non-hydrogen) atoms. The Morgan fingerprint density at radius 1 is 1.17 bits per heavy atom. The number of hydrogen-bond acceptors (Lipinski definition) is 4. The summed E-state index contributed by atoms with van der Waals surface area (Å²) < 4.78 is 35.7. The van der Waals surface area contributed by atoms with Gasteiger partial charge in [-0.15, -0.1) is 0 Å². The maximum atomic E-state index is 12.7. The van der Waals surface area contributed by atoms with E-state index >= 15 is 0 Å². The molecule has 1 saturated heterocycles. The summed E-state index contributed by atoms with van der Waals surface area (Å²) in [6, 6.07) is 17.0. The Bertz CT molecular complexity index is 820. The van der Waals surface area contributed by atoms with E-state index in [9.17, 15) is 8.78 Å². The quantitative estimate of drug-likeness (QED) is 0.508. The van der Waals surface area contributed by atoms with Crippen LogP contribution in [0, 0.1) is 0 Å². The molecule has 0 saturated carbocycles. The van der Waals surface area contributed by atoms with Gasteiger partial charge < -0.3 is 25.0 Å². The molecule has 2 aromatic carbocycles. The van der Waals surface area contributed by atoms with Crippen LogP contribution in [-0.2, 0) is 4.74 Å². The van der Waals surface area contributed by atoms with Crippen LogP contribution in [0.15, 0.2) is 59.6 Å². The SMILES string of the molecule is CN=C(NCC(OC)c1ccccc1)NC1CCN(c2ccccc2OC(F)F)C1. The van der Waals surface area contributed by atoms with Gasteiger partial charge in [0.1, 0.15) is 5.75 Å².